The largest absolute Gasteiger partial charge is 0.497 e. The molecule has 0 aromatic heterocycles. The Morgan fingerprint density at radius 3 is 2.52 bits per heavy atom. The first-order chi connectivity index (χ1) is 16.0. The maximum atomic E-state index is 13.6. The van der Waals surface area contributed by atoms with Gasteiger partial charge in [0.25, 0.3) is 0 Å². The summed E-state index contributed by atoms with van der Waals surface area (Å²) >= 11 is 0. The van der Waals surface area contributed by atoms with Gasteiger partial charge in [-0.3, -0.25) is 4.79 Å². The quantitative estimate of drug-likeness (QED) is 0.667. The van der Waals surface area contributed by atoms with Crippen molar-refractivity contribution in [1.29, 1.82) is 0 Å². The molecule has 2 aromatic rings. The summed E-state index contributed by atoms with van der Waals surface area (Å²) in [5.41, 5.74) is 8.41. The number of carbonyl (C=O) groups excluding carboxylic acids is 2. The summed E-state index contributed by atoms with van der Waals surface area (Å²) in [6.07, 6.45) is 0.787. The van der Waals surface area contributed by atoms with Crippen molar-refractivity contribution in [2.45, 2.75) is 31.6 Å². The number of methoxy groups -OCH3 is 2. The molecule has 2 atom stereocenters. The molecule has 7 nitrogen and oxygen atoms in total. The first kappa shape index (κ1) is 22.5. The van der Waals surface area contributed by atoms with Crippen molar-refractivity contribution in [3.63, 3.8) is 0 Å². The molecule has 2 N–H and O–H groups in total. The lowest BCUT2D eigenvalue weighted by Crippen LogP contribution is -2.33. The summed E-state index contributed by atoms with van der Waals surface area (Å²) in [7, 11) is 3.08. The maximum Gasteiger partial charge on any atom is 0.340 e. The number of hydrogen-bond donors (Lipinski definition) is 1. The van der Waals surface area contributed by atoms with Crippen LogP contribution < -0.4 is 15.2 Å². The summed E-state index contributed by atoms with van der Waals surface area (Å²) in [4.78, 5) is 26.5. The summed E-state index contributed by atoms with van der Waals surface area (Å²) in [6, 6.07) is 15.1. The average molecular weight is 450 g/mol. The van der Waals surface area contributed by atoms with Crippen molar-refractivity contribution in [3.8, 4) is 11.5 Å². The molecular formula is C26H27NO6. The Labute approximate surface area is 192 Å². The van der Waals surface area contributed by atoms with Crippen LogP contribution in [-0.2, 0) is 19.1 Å². The van der Waals surface area contributed by atoms with Gasteiger partial charge in [0.05, 0.1) is 26.7 Å². The molecule has 0 amide bonds. The van der Waals surface area contributed by atoms with E-state index >= 15 is 0 Å². The number of benzene rings is 2. The van der Waals surface area contributed by atoms with Crippen LogP contribution in [-0.4, -0.2) is 32.6 Å². The summed E-state index contributed by atoms with van der Waals surface area (Å²) in [6.45, 7) is 1.87. The number of carbonyl (C=O) groups is 2. The van der Waals surface area contributed by atoms with Gasteiger partial charge in [0, 0.05) is 24.0 Å². The van der Waals surface area contributed by atoms with Gasteiger partial charge >= 0.3 is 5.97 Å². The van der Waals surface area contributed by atoms with Crippen molar-refractivity contribution in [2.75, 3.05) is 20.8 Å². The molecule has 1 aliphatic carbocycles. The number of hydrogen-bond acceptors (Lipinski definition) is 7. The Morgan fingerprint density at radius 1 is 1.09 bits per heavy atom. The van der Waals surface area contributed by atoms with Crippen molar-refractivity contribution < 1.29 is 28.5 Å². The molecule has 0 bridgehead atoms. The molecule has 0 saturated heterocycles. The zero-order valence-electron chi connectivity index (χ0n) is 18.9. The third kappa shape index (κ3) is 4.18. The van der Waals surface area contributed by atoms with Gasteiger partial charge in [-0.25, -0.2) is 4.79 Å². The lowest BCUT2D eigenvalue weighted by molar-refractivity contribution is -0.139. The van der Waals surface area contributed by atoms with Crippen LogP contribution in [0.15, 0.2) is 71.3 Å². The molecule has 172 valence electrons. The fourth-order valence-corrected chi connectivity index (χ4v) is 4.55. The highest BCUT2D eigenvalue weighted by Gasteiger charge is 2.44. The minimum absolute atomic E-state index is 0.0396. The van der Waals surface area contributed by atoms with E-state index < -0.39 is 11.9 Å². The van der Waals surface area contributed by atoms with Crippen LogP contribution >= 0.6 is 0 Å². The minimum Gasteiger partial charge on any atom is -0.497 e. The third-order valence-corrected chi connectivity index (χ3v) is 6.05. The van der Waals surface area contributed by atoms with E-state index in [0.717, 1.165) is 5.56 Å². The van der Waals surface area contributed by atoms with Gasteiger partial charge < -0.3 is 24.7 Å². The van der Waals surface area contributed by atoms with Crippen molar-refractivity contribution in [3.05, 3.63) is 82.4 Å². The molecule has 0 spiro atoms. The van der Waals surface area contributed by atoms with Crippen LogP contribution in [0.3, 0.4) is 0 Å². The van der Waals surface area contributed by atoms with Crippen LogP contribution in [0.5, 0.6) is 11.5 Å². The zero-order chi connectivity index (χ0) is 23.5. The van der Waals surface area contributed by atoms with E-state index in [4.69, 9.17) is 24.7 Å². The summed E-state index contributed by atoms with van der Waals surface area (Å²) < 4.78 is 22.2. The fraction of sp³-hybridized carbons (Fsp3) is 0.308. The average Bonchev–Trinajstić information content (AvgIpc) is 2.83. The molecule has 2 aromatic carbocycles. The van der Waals surface area contributed by atoms with Gasteiger partial charge in [0.1, 0.15) is 22.8 Å². The molecule has 0 fully saturated rings. The second-order valence-electron chi connectivity index (χ2n) is 7.92. The lowest BCUT2D eigenvalue weighted by Gasteiger charge is -2.35. The van der Waals surface area contributed by atoms with E-state index in [2.05, 4.69) is 0 Å². The number of rotatable bonds is 6. The smallest absolute Gasteiger partial charge is 0.340 e. The Balaban J connectivity index is 1.87. The third-order valence-electron chi connectivity index (χ3n) is 6.05. The van der Waals surface area contributed by atoms with E-state index in [1.54, 1.807) is 32.2 Å². The second-order valence-corrected chi connectivity index (χ2v) is 7.92. The Morgan fingerprint density at radius 2 is 1.85 bits per heavy atom. The normalized spacial score (nSPS) is 20.2. The van der Waals surface area contributed by atoms with E-state index in [1.807, 2.05) is 30.3 Å². The Hall–Kier alpha value is -3.74. The monoisotopic (exact) mass is 449 g/mol. The summed E-state index contributed by atoms with van der Waals surface area (Å²) in [5, 5.41) is 0. The van der Waals surface area contributed by atoms with Gasteiger partial charge in [-0.15, -0.1) is 0 Å². The Kier molecular flexibility index (Phi) is 6.40. The topological polar surface area (TPSA) is 97.1 Å². The standard InChI is InChI=1S/C26H27NO6/c1-4-32-26(29)24-22(18-14-17(30-2)10-11-20(18)31-3)23-19(28)12-16(13-21(23)33-25(24)27)15-8-6-5-7-9-15/h5-11,14,16,22H,4,12-13,27H2,1-3H3/t16-,22-/m0/s1. The first-order valence-corrected chi connectivity index (χ1v) is 10.9. The highest BCUT2D eigenvalue weighted by molar-refractivity contribution is 6.04. The number of ketones is 1. The first-order valence-electron chi connectivity index (χ1n) is 10.9. The van der Waals surface area contributed by atoms with Gasteiger partial charge in [-0.1, -0.05) is 30.3 Å². The number of nitrogens with two attached hydrogens (primary N) is 1. The highest BCUT2D eigenvalue weighted by Crippen LogP contribution is 2.49. The van der Waals surface area contributed by atoms with Gasteiger partial charge in [0.15, 0.2) is 5.78 Å². The van der Waals surface area contributed by atoms with Crippen LogP contribution in [0.1, 0.15) is 42.7 Å². The molecule has 7 heteroatoms. The minimum atomic E-state index is -0.790. The van der Waals surface area contributed by atoms with Gasteiger partial charge in [-0.2, -0.15) is 0 Å². The number of esters is 1. The molecule has 4 rings (SSSR count). The van der Waals surface area contributed by atoms with Crippen molar-refractivity contribution >= 4 is 11.8 Å². The molecule has 1 aliphatic heterocycles. The summed E-state index contributed by atoms with van der Waals surface area (Å²) in [5.74, 6) is -0.0918. The van der Waals surface area contributed by atoms with E-state index in [9.17, 15) is 9.59 Å². The van der Waals surface area contributed by atoms with E-state index in [-0.39, 0.29) is 29.8 Å². The maximum absolute atomic E-state index is 13.6. The molecule has 0 saturated carbocycles. The van der Waals surface area contributed by atoms with Crippen LogP contribution in [0.4, 0.5) is 0 Å². The predicted octanol–water partition coefficient (Wildman–Crippen LogP) is 3.95. The second kappa shape index (κ2) is 9.40. The van der Waals surface area contributed by atoms with Crippen molar-refractivity contribution in [2.24, 2.45) is 5.73 Å². The molecule has 2 aliphatic rings. The number of ether oxygens (including phenoxy) is 4. The fourth-order valence-electron chi connectivity index (χ4n) is 4.55. The van der Waals surface area contributed by atoms with Crippen LogP contribution in [0.25, 0.3) is 0 Å². The number of Topliss-reactive ketones (excluding diaryl/α,β-unsaturated/α-hetero) is 1. The SMILES string of the molecule is CCOC(=O)C1=C(N)OC2=C(C(=O)C[C@H](c3ccccc3)C2)[C@@H]1c1cc(OC)ccc1OC. The number of allylic oxidation sites excluding steroid dienone is 2. The molecule has 0 radical (unpaired) electrons. The lowest BCUT2D eigenvalue weighted by atomic mass is 9.73. The predicted molar refractivity (Wildman–Crippen MR) is 122 cm³/mol. The van der Waals surface area contributed by atoms with Crippen LogP contribution in [0.2, 0.25) is 0 Å². The molecule has 1 heterocycles. The molecule has 0 unspecified atom stereocenters. The van der Waals surface area contributed by atoms with Gasteiger partial charge in [-0.05, 0) is 36.6 Å². The van der Waals surface area contributed by atoms with Crippen molar-refractivity contribution in [1.82, 2.24) is 0 Å². The van der Waals surface area contributed by atoms with E-state index in [0.29, 0.717) is 41.2 Å². The van der Waals surface area contributed by atoms with E-state index in [1.165, 1.54) is 7.11 Å². The highest BCUT2D eigenvalue weighted by atomic mass is 16.5. The van der Waals surface area contributed by atoms with Crippen LogP contribution in [0, 0.1) is 0 Å². The van der Waals surface area contributed by atoms with Gasteiger partial charge in [0.2, 0.25) is 5.88 Å². The Bertz CT molecular complexity index is 1130. The molecular weight excluding hydrogens is 422 g/mol. The zero-order valence-corrected chi connectivity index (χ0v) is 18.9. The molecule has 33 heavy (non-hydrogen) atoms.